The summed E-state index contributed by atoms with van der Waals surface area (Å²) in [4.78, 5) is 24.7. The van der Waals surface area contributed by atoms with E-state index in [1.165, 1.54) is 18.6 Å². The van der Waals surface area contributed by atoms with Gasteiger partial charge in [-0.15, -0.1) is 0 Å². The summed E-state index contributed by atoms with van der Waals surface area (Å²) < 4.78 is 53.1. The van der Waals surface area contributed by atoms with E-state index in [-0.39, 0.29) is 23.3 Å². The molecule has 3 N–H and O–H groups in total. The summed E-state index contributed by atoms with van der Waals surface area (Å²) in [5, 5.41) is 6.63. The largest absolute Gasteiger partial charge is 0.433 e. The van der Waals surface area contributed by atoms with E-state index in [1.54, 1.807) is 19.1 Å². The fraction of sp³-hybridized carbons (Fsp3) is 0.435. The second kappa shape index (κ2) is 10.1. The lowest BCUT2D eigenvalue weighted by molar-refractivity contribution is -0.125. The van der Waals surface area contributed by atoms with Crippen LogP contribution in [-0.4, -0.2) is 54.4 Å². The summed E-state index contributed by atoms with van der Waals surface area (Å²) in [6, 6.07) is 4.94. The topological polar surface area (TPSA) is 126 Å². The number of sulfone groups is 1. The number of H-pyrrole nitrogens is 1. The predicted molar refractivity (Wildman–Crippen MR) is 128 cm³/mol. The van der Waals surface area contributed by atoms with Gasteiger partial charge in [0.25, 0.3) is 0 Å². The first-order valence-corrected chi connectivity index (χ1v) is 13.3. The van der Waals surface area contributed by atoms with Crippen molar-refractivity contribution < 1.29 is 26.7 Å². The van der Waals surface area contributed by atoms with Crippen molar-refractivity contribution in [2.45, 2.75) is 39.2 Å². The Bertz CT molecular complexity index is 1340. The Labute approximate surface area is 201 Å². The number of alkyl halides is 2. The first-order chi connectivity index (χ1) is 16.6. The second-order valence-electron chi connectivity index (χ2n) is 8.75. The molecular formula is C23H27F2N5O4S. The molecule has 2 aromatic heterocycles. The zero-order chi connectivity index (χ0) is 25.2. The van der Waals surface area contributed by atoms with Crippen molar-refractivity contribution in [1.29, 1.82) is 0 Å². The van der Waals surface area contributed by atoms with Crippen molar-refractivity contribution >= 4 is 38.3 Å². The standard InChI is InChI=1S/C23H27F2N5O4S/c1-13-4-6-17(18(10-13)34-23(24)25)30-21-19-15-11-14(22(31)26-8-3-9-35(2,32)33)5-7-16(15)29-20(19)27-12-28-21/h4,6,10,12,14,23H,3,5,7-9,11H2,1-2H3,(H,26,31)(H2,27,28,29,30). The number of ether oxygens (including phenoxy) is 1. The number of amides is 1. The summed E-state index contributed by atoms with van der Waals surface area (Å²) in [6.07, 6.45) is 4.62. The van der Waals surface area contributed by atoms with E-state index in [0.717, 1.165) is 16.8 Å². The van der Waals surface area contributed by atoms with Crippen molar-refractivity contribution in [2.24, 2.45) is 5.92 Å². The molecule has 12 heteroatoms. The molecule has 0 bridgehead atoms. The summed E-state index contributed by atoms with van der Waals surface area (Å²) in [5.74, 6) is 0.0285. The van der Waals surface area contributed by atoms with E-state index in [1.807, 2.05) is 0 Å². The number of aryl methyl sites for hydroxylation is 2. The average molecular weight is 508 g/mol. The van der Waals surface area contributed by atoms with Crippen LogP contribution in [0, 0.1) is 12.8 Å². The molecule has 3 aromatic rings. The highest BCUT2D eigenvalue weighted by atomic mass is 32.2. The molecule has 4 rings (SSSR count). The van der Waals surface area contributed by atoms with Crippen LogP contribution in [0.2, 0.25) is 0 Å². The molecule has 188 valence electrons. The molecule has 0 spiro atoms. The molecule has 1 unspecified atom stereocenters. The van der Waals surface area contributed by atoms with Gasteiger partial charge in [-0.05, 0) is 55.9 Å². The lowest BCUT2D eigenvalue weighted by Crippen LogP contribution is -2.35. The minimum atomic E-state index is -3.07. The van der Waals surface area contributed by atoms with Gasteiger partial charge in [0.2, 0.25) is 5.91 Å². The van der Waals surface area contributed by atoms with Crippen molar-refractivity contribution in [3.63, 3.8) is 0 Å². The van der Waals surface area contributed by atoms with Gasteiger partial charge in [-0.3, -0.25) is 4.79 Å². The molecule has 1 aliphatic rings. The summed E-state index contributed by atoms with van der Waals surface area (Å²) >= 11 is 0. The van der Waals surface area contributed by atoms with Gasteiger partial charge >= 0.3 is 6.61 Å². The van der Waals surface area contributed by atoms with Crippen molar-refractivity contribution in [3.05, 3.63) is 41.3 Å². The van der Waals surface area contributed by atoms with Gasteiger partial charge in [-0.1, -0.05) is 6.07 Å². The van der Waals surface area contributed by atoms with Gasteiger partial charge in [-0.25, -0.2) is 18.4 Å². The predicted octanol–water partition coefficient (Wildman–Crippen LogP) is 3.27. The third-order valence-electron chi connectivity index (χ3n) is 5.94. The van der Waals surface area contributed by atoms with Gasteiger partial charge in [0.1, 0.15) is 33.4 Å². The molecular weight excluding hydrogens is 480 g/mol. The van der Waals surface area contributed by atoms with Gasteiger partial charge in [0, 0.05) is 24.4 Å². The van der Waals surface area contributed by atoms with Crippen molar-refractivity contribution in [2.75, 3.05) is 23.9 Å². The van der Waals surface area contributed by atoms with Crippen LogP contribution in [0.1, 0.15) is 29.7 Å². The molecule has 1 amide bonds. The molecule has 0 saturated carbocycles. The fourth-order valence-corrected chi connectivity index (χ4v) is 4.97. The number of carbonyl (C=O) groups excluding carboxylic acids is 1. The summed E-state index contributed by atoms with van der Waals surface area (Å²) in [5.41, 5.74) is 3.54. The van der Waals surface area contributed by atoms with Crippen LogP contribution in [0.3, 0.4) is 0 Å². The molecule has 1 atom stereocenters. The molecule has 0 radical (unpaired) electrons. The lowest BCUT2D eigenvalue weighted by Gasteiger charge is -2.22. The van der Waals surface area contributed by atoms with Crippen LogP contribution >= 0.6 is 0 Å². The van der Waals surface area contributed by atoms with Gasteiger partial charge in [-0.2, -0.15) is 8.78 Å². The maximum Gasteiger partial charge on any atom is 0.387 e. The van der Waals surface area contributed by atoms with Crippen LogP contribution in [0.25, 0.3) is 11.0 Å². The van der Waals surface area contributed by atoms with Crippen LogP contribution in [0.4, 0.5) is 20.3 Å². The van der Waals surface area contributed by atoms with E-state index in [4.69, 9.17) is 0 Å². The number of hydrogen-bond acceptors (Lipinski definition) is 7. The zero-order valence-electron chi connectivity index (χ0n) is 19.4. The Morgan fingerprint density at radius 3 is 2.86 bits per heavy atom. The monoisotopic (exact) mass is 507 g/mol. The first kappa shape index (κ1) is 24.8. The van der Waals surface area contributed by atoms with Crippen molar-refractivity contribution in [1.82, 2.24) is 20.3 Å². The summed E-state index contributed by atoms with van der Waals surface area (Å²) in [6.45, 7) is -0.904. The number of rotatable bonds is 9. The quantitative estimate of drug-likeness (QED) is 0.380. The number of halogens is 2. The first-order valence-electron chi connectivity index (χ1n) is 11.2. The normalized spacial score (nSPS) is 15.7. The number of carbonyl (C=O) groups is 1. The Hall–Kier alpha value is -3.28. The van der Waals surface area contributed by atoms with Crippen molar-refractivity contribution in [3.8, 4) is 5.75 Å². The molecule has 9 nitrogen and oxygen atoms in total. The molecule has 0 saturated heterocycles. The van der Waals surface area contributed by atoms with E-state index in [0.29, 0.717) is 54.8 Å². The number of aromatic nitrogens is 3. The molecule has 2 heterocycles. The molecule has 35 heavy (non-hydrogen) atoms. The van der Waals surface area contributed by atoms with E-state index in [2.05, 4.69) is 30.3 Å². The highest BCUT2D eigenvalue weighted by Gasteiger charge is 2.29. The average Bonchev–Trinajstić information content (AvgIpc) is 3.16. The van der Waals surface area contributed by atoms with Gasteiger partial charge in [0.15, 0.2) is 0 Å². The number of benzene rings is 1. The molecule has 1 aromatic carbocycles. The highest BCUT2D eigenvalue weighted by Crippen LogP contribution is 2.37. The minimum Gasteiger partial charge on any atom is -0.433 e. The Morgan fingerprint density at radius 1 is 1.31 bits per heavy atom. The van der Waals surface area contributed by atoms with Crippen LogP contribution in [0.5, 0.6) is 5.75 Å². The lowest BCUT2D eigenvalue weighted by atomic mass is 9.86. The summed E-state index contributed by atoms with van der Waals surface area (Å²) in [7, 11) is -3.07. The van der Waals surface area contributed by atoms with Crippen LogP contribution < -0.4 is 15.4 Å². The second-order valence-corrected chi connectivity index (χ2v) is 11.0. The number of fused-ring (bicyclic) bond motifs is 3. The number of aromatic amines is 1. The zero-order valence-corrected chi connectivity index (χ0v) is 20.2. The van der Waals surface area contributed by atoms with Gasteiger partial charge < -0.3 is 20.4 Å². The minimum absolute atomic E-state index is 0.00233. The molecule has 1 aliphatic carbocycles. The maximum absolute atomic E-state index is 12.9. The van der Waals surface area contributed by atoms with Crippen LogP contribution in [0.15, 0.2) is 24.5 Å². The Balaban J connectivity index is 1.56. The number of anilines is 2. The molecule has 0 fully saturated rings. The third kappa shape index (κ3) is 6.05. The van der Waals surface area contributed by atoms with E-state index < -0.39 is 16.4 Å². The maximum atomic E-state index is 12.9. The van der Waals surface area contributed by atoms with Crippen LogP contribution in [-0.2, 0) is 27.5 Å². The van der Waals surface area contributed by atoms with E-state index in [9.17, 15) is 22.0 Å². The SMILES string of the molecule is Cc1ccc(Nc2ncnc3[nH]c4c(c23)CC(C(=O)NCCCS(C)(=O)=O)CC4)c(OC(F)F)c1. The van der Waals surface area contributed by atoms with E-state index >= 15 is 0 Å². The molecule has 0 aliphatic heterocycles. The highest BCUT2D eigenvalue weighted by molar-refractivity contribution is 7.90. The third-order valence-corrected chi connectivity index (χ3v) is 6.97. The number of nitrogens with one attached hydrogen (secondary N) is 3. The number of hydrogen-bond donors (Lipinski definition) is 3. The fourth-order valence-electron chi connectivity index (χ4n) is 4.30. The Kier molecular flexibility index (Phi) is 7.20. The smallest absolute Gasteiger partial charge is 0.387 e. The Morgan fingerprint density at radius 2 is 2.11 bits per heavy atom. The van der Waals surface area contributed by atoms with Gasteiger partial charge in [0.05, 0.1) is 16.8 Å². The number of nitrogens with zero attached hydrogens (tertiary/aromatic N) is 2.